The summed E-state index contributed by atoms with van der Waals surface area (Å²) in [7, 11) is 0. The molecule has 3 atom stereocenters. The molecule has 0 aliphatic heterocycles. The Labute approximate surface area is 192 Å². The summed E-state index contributed by atoms with van der Waals surface area (Å²) in [5.74, 6) is 0.353. The quantitative estimate of drug-likeness (QED) is 0.626. The summed E-state index contributed by atoms with van der Waals surface area (Å²) in [5.41, 5.74) is 6.58. The van der Waals surface area contributed by atoms with Crippen molar-refractivity contribution >= 4 is 0 Å². The van der Waals surface area contributed by atoms with E-state index in [4.69, 9.17) is 4.98 Å². The predicted octanol–water partition coefficient (Wildman–Crippen LogP) is 5.97. The molecule has 4 heteroatoms. The lowest BCUT2D eigenvalue weighted by Gasteiger charge is -2.40. The van der Waals surface area contributed by atoms with Crippen LogP contribution in [-0.2, 0) is 11.8 Å². The average Bonchev–Trinajstić information content (AvgIpc) is 2.72. The summed E-state index contributed by atoms with van der Waals surface area (Å²) in [4.78, 5) is 5.14. The molecule has 170 valence electrons. The van der Waals surface area contributed by atoms with Crippen molar-refractivity contribution in [2.24, 2.45) is 5.41 Å². The minimum atomic E-state index is -0.594. The first-order chi connectivity index (χ1) is 14.9. The Hall–Kier alpha value is -2.22. The van der Waals surface area contributed by atoms with E-state index in [1.165, 1.54) is 5.56 Å². The van der Waals surface area contributed by atoms with Gasteiger partial charge in [-0.1, -0.05) is 52.0 Å². The second kappa shape index (κ2) is 7.97. The third-order valence-corrected chi connectivity index (χ3v) is 7.42. The molecule has 0 bridgehead atoms. The van der Waals surface area contributed by atoms with Crippen LogP contribution in [0.3, 0.4) is 0 Å². The van der Waals surface area contributed by atoms with Gasteiger partial charge in [0.1, 0.15) is 0 Å². The van der Waals surface area contributed by atoms with Crippen LogP contribution in [0.2, 0.25) is 0 Å². The fraction of sp³-hybridized carbons (Fsp3) is 0.571. The average molecular weight is 433 g/mol. The van der Waals surface area contributed by atoms with E-state index in [-0.39, 0.29) is 17.3 Å². The van der Waals surface area contributed by atoms with Gasteiger partial charge >= 0.3 is 0 Å². The SMILES string of the molecule is CC(C)c1nc2c(c3c1C(c1ccc(C(C)(C)C#N)cc1)CCC3O)C(O)CC(C)(C)C2. The molecule has 3 unspecified atom stereocenters. The van der Waals surface area contributed by atoms with Gasteiger partial charge < -0.3 is 10.2 Å². The Bertz CT molecular complexity index is 1060. The smallest absolute Gasteiger partial charge is 0.0816 e. The number of pyridine rings is 1. The molecule has 2 aliphatic carbocycles. The first kappa shape index (κ1) is 23.0. The van der Waals surface area contributed by atoms with Gasteiger partial charge in [-0.15, -0.1) is 0 Å². The molecule has 2 aliphatic rings. The van der Waals surface area contributed by atoms with Gasteiger partial charge in [0.05, 0.1) is 23.7 Å². The minimum absolute atomic E-state index is 0.00962. The number of fused-ring (bicyclic) bond motifs is 3. The first-order valence-corrected chi connectivity index (χ1v) is 11.9. The molecule has 1 aromatic heterocycles. The third kappa shape index (κ3) is 3.87. The maximum atomic E-state index is 11.1. The van der Waals surface area contributed by atoms with Gasteiger partial charge in [-0.05, 0) is 73.1 Å². The molecule has 4 nitrogen and oxygen atoms in total. The van der Waals surface area contributed by atoms with Gasteiger partial charge in [-0.3, -0.25) is 4.98 Å². The number of aliphatic hydroxyl groups is 2. The zero-order valence-electron chi connectivity index (χ0n) is 20.2. The van der Waals surface area contributed by atoms with Crippen molar-refractivity contribution in [2.45, 2.75) is 96.7 Å². The molecule has 2 aromatic rings. The maximum absolute atomic E-state index is 11.1. The van der Waals surface area contributed by atoms with E-state index in [0.717, 1.165) is 46.5 Å². The van der Waals surface area contributed by atoms with Crippen molar-refractivity contribution in [3.63, 3.8) is 0 Å². The fourth-order valence-corrected chi connectivity index (χ4v) is 5.67. The third-order valence-electron chi connectivity index (χ3n) is 7.42. The standard InChI is InChI=1S/C28H36N2O2/c1-16(2)26-23-19(17-7-9-18(10-8-17)28(5,6)15-29)11-12-21(31)25(23)24-20(30-26)13-27(3,4)14-22(24)32/h7-10,16,19,21-22,31-32H,11-14H2,1-6H3. The van der Waals surface area contributed by atoms with Crippen molar-refractivity contribution in [1.82, 2.24) is 4.98 Å². The summed E-state index contributed by atoms with van der Waals surface area (Å²) >= 11 is 0. The summed E-state index contributed by atoms with van der Waals surface area (Å²) in [6.45, 7) is 12.6. The molecule has 1 aromatic carbocycles. The monoisotopic (exact) mass is 432 g/mol. The van der Waals surface area contributed by atoms with E-state index < -0.39 is 17.6 Å². The van der Waals surface area contributed by atoms with Crippen molar-refractivity contribution in [3.05, 3.63) is 63.5 Å². The number of hydrogen-bond donors (Lipinski definition) is 2. The van der Waals surface area contributed by atoms with Crippen LogP contribution in [0.1, 0.15) is 124 Å². The number of rotatable bonds is 3. The highest BCUT2D eigenvalue weighted by molar-refractivity contribution is 5.52. The lowest BCUT2D eigenvalue weighted by Crippen LogP contribution is -2.31. The van der Waals surface area contributed by atoms with Gasteiger partial charge in [-0.2, -0.15) is 5.26 Å². The highest BCUT2D eigenvalue weighted by Gasteiger charge is 2.40. The molecule has 0 fully saturated rings. The molecule has 0 radical (unpaired) electrons. The lowest BCUT2D eigenvalue weighted by molar-refractivity contribution is 0.0881. The molecular formula is C28H36N2O2. The highest BCUT2D eigenvalue weighted by atomic mass is 16.3. The summed E-state index contributed by atoms with van der Waals surface area (Å²) in [6, 6.07) is 10.7. The Morgan fingerprint density at radius 1 is 1.03 bits per heavy atom. The maximum Gasteiger partial charge on any atom is 0.0816 e. The van der Waals surface area contributed by atoms with Gasteiger partial charge in [-0.25, -0.2) is 0 Å². The largest absolute Gasteiger partial charge is 0.388 e. The van der Waals surface area contributed by atoms with E-state index in [1.54, 1.807) is 0 Å². The van der Waals surface area contributed by atoms with Crippen molar-refractivity contribution < 1.29 is 10.2 Å². The summed E-state index contributed by atoms with van der Waals surface area (Å²) in [6.07, 6.45) is 1.86. The molecule has 0 amide bonds. The molecule has 4 rings (SSSR count). The van der Waals surface area contributed by atoms with E-state index in [0.29, 0.717) is 12.8 Å². The molecule has 0 spiro atoms. The normalized spacial score (nSPS) is 24.6. The Morgan fingerprint density at radius 2 is 1.69 bits per heavy atom. The van der Waals surface area contributed by atoms with Crippen LogP contribution >= 0.6 is 0 Å². The molecule has 0 saturated carbocycles. The van der Waals surface area contributed by atoms with Gasteiger partial charge in [0, 0.05) is 22.9 Å². The van der Waals surface area contributed by atoms with E-state index in [2.05, 4.69) is 58.0 Å². The first-order valence-electron chi connectivity index (χ1n) is 11.9. The second-order valence-electron chi connectivity index (χ2n) is 11.4. The van der Waals surface area contributed by atoms with Crippen LogP contribution in [0.5, 0.6) is 0 Å². The number of benzene rings is 1. The Balaban J connectivity index is 1.89. The molecule has 32 heavy (non-hydrogen) atoms. The van der Waals surface area contributed by atoms with E-state index in [9.17, 15) is 15.5 Å². The molecule has 1 heterocycles. The topological polar surface area (TPSA) is 77.1 Å². The molecular weight excluding hydrogens is 396 g/mol. The van der Waals surface area contributed by atoms with Crippen LogP contribution in [0.4, 0.5) is 0 Å². The fourth-order valence-electron chi connectivity index (χ4n) is 5.67. The van der Waals surface area contributed by atoms with Crippen LogP contribution in [0.15, 0.2) is 24.3 Å². The van der Waals surface area contributed by atoms with Gasteiger partial charge in [0.25, 0.3) is 0 Å². The second-order valence-corrected chi connectivity index (χ2v) is 11.4. The number of aromatic nitrogens is 1. The summed E-state index contributed by atoms with van der Waals surface area (Å²) in [5, 5.41) is 31.8. The van der Waals surface area contributed by atoms with E-state index >= 15 is 0 Å². The van der Waals surface area contributed by atoms with E-state index in [1.807, 2.05) is 13.8 Å². The Morgan fingerprint density at radius 3 is 2.28 bits per heavy atom. The van der Waals surface area contributed by atoms with Crippen molar-refractivity contribution in [2.75, 3.05) is 0 Å². The molecule has 0 saturated heterocycles. The predicted molar refractivity (Wildman–Crippen MR) is 127 cm³/mol. The zero-order valence-corrected chi connectivity index (χ0v) is 20.2. The zero-order chi connectivity index (χ0) is 23.4. The lowest BCUT2D eigenvalue weighted by atomic mass is 9.68. The summed E-state index contributed by atoms with van der Waals surface area (Å²) < 4.78 is 0. The molecule has 2 N–H and O–H groups in total. The van der Waals surface area contributed by atoms with Crippen LogP contribution < -0.4 is 0 Å². The van der Waals surface area contributed by atoms with Crippen LogP contribution in [-0.4, -0.2) is 15.2 Å². The van der Waals surface area contributed by atoms with Crippen molar-refractivity contribution in [1.29, 1.82) is 5.26 Å². The Kier molecular flexibility index (Phi) is 5.72. The van der Waals surface area contributed by atoms with Gasteiger partial charge in [0.15, 0.2) is 0 Å². The minimum Gasteiger partial charge on any atom is -0.388 e. The van der Waals surface area contributed by atoms with Crippen LogP contribution in [0, 0.1) is 16.7 Å². The number of hydrogen-bond acceptors (Lipinski definition) is 4. The number of nitrogens with zero attached hydrogens (tertiary/aromatic N) is 2. The van der Waals surface area contributed by atoms with Gasteiger partial charge in [0.2, 0.25) is 0 Å². The van der Waals surface area contributed by atoms with Crippen molar-refractivity contribution in [3.8, 4) is 6.07 Å². The number of nitriles is 1. The number of aliphatic hydroxyl groups excluding tert-OH is 2. The van der Waals surface area contributed by atoms with Crippen LogP contribution in [0.25, 0.3) is 0 Å². The highest BCUT2D eigenvalue weighted by Crippen LogP contribution is 2.51.